The molecule has 0 saturated carbocycles. The van der Waals surface area contributed by atoms with E-state index in [1.165, 1.54) is 12.4 Å². The highest BCUT2D eigenvalue weighted by molar-refractivity contribution is 5.60. The monoisotopic (exact) mass is 535 g/mol. The Hall–Kier alpha value is -3.28. The summed E-state index contributed by atoms with van der Waals surface area (Å²) >= 11 is 0. The number of nitrogens with one attached hydrogen (secondary N) is 1. The van der Waals surface area contributed by atoms with E-state index in [1.54, 1.807) is 13.2 Å². The summed E-state index contributed by atoms with van der Waals surface area (Å²) in [6.07, 6.45) is 1.97. The summed E-state index contributed by atoms with van der Waals surface area (Å²) in [7, 11) is 1.60. The number of imidazole rings is 1. The zero-order valence-corrected chi connectivity index (χ0v) is 21.1. The highest BCUT2D eigenvalue weighted by atomic mass is 19.4. The predicted octanol–water partition coefficient (Wildman–Crippen LogP) is 5.16. The fourth-order valence-corrected chi connectivity index (χ4v) is 5.34. The lowest BCUT2D eigenvalue weighted by atomic mass is 9.95. The van der Waals surface area contributed by atoms with E-state index in [9.17, 15) is 22.0 Å². The summed E-state index contributed by atoms with van der Waals surface area (Å²) < 4.78 is 70.8. The molecule has 0 atom stereocenters. The Morgan fingerprint density at radius 3 is 2.42 bits per heavy atom. The average molecular weight is 536 g/mol. The molecule has 0 amide bonds. The number of nitrogens with zero attached hydrogens (tertiary/aromatic N) is 6. The average Bonchev–Trinajstić information content (AvgIpc) is 3.58. The molecule has 5 rings (SSSR count). The molecule has 0 aliphatic carbocycles. The zero-order chi connectivity index (χ0) is 26.9. The number of alkyl halides is 3. The van der Waals surface area contributed by atoms with E-state index >= 15 is 0 Å². The lowest BCUT2D eigenvalue weighted by molar-refractivity contribution is -0.139. The van der Waals surface area contributed by atoms with Crippen LogP contribution in [0.25, 0.3) is 11.3 Å². The maximum atomic E-state index is 14.8. The highest BCUT2D eigenvalue weighted by Gasteiger charge is 2.35. The third-order valence-electron chi connectivity index (χ3n) is 7.40. The Morgan fingerprint density at radius 1 is 1.00 bits per heavy atom. The van der Waals surface area contributed by atoms with Crippen molar-refractivity contribution < 1.29 is 22.0 Å². The van der Waals surface area contributed by atoms with Gasteiger partial charge in [0.2, 0.25) is 5.82 Å². The van der Waals surface area contributed by atoms with Crippen molar-refractivity contribution >= 4 is 11.6 Å². The minimum atomic E-state index is -4.79. The van der Waals surface area contributed by atoms with E-state index in [4.69, 9.17) is 4.98 Å². The molecule has 0 unspecified atom stereocenters. The highest BCUT2D eigenvalue weighted by Crippen LogP contribution is 2.36. The molecule has 38 heavy (non-hydrogen) atoms. The van der Waals surface area contributed by atoms with Crippen molar-refractivity contribution in [2.24, 2.45) is 0 Å². The van der Waals surface area contributed by atoms with Crippen molar-refractivity contribution in [3.63, 3.8) is 0 Å². The minimum Gasteiger partial charge on any atom is -0.371 e. The van der Waals surface area contributed by atoms with Crippen LogP contribution in [0.15, 0.2) is 30.7 Å². The van der Waals surface area contributed by atoms with Gasteiger partial charge in [-0.1, -0.05) is 0 Å². The topological polar surface area (TPSA) is 62.1 Å². The van der Waals surface area contributed by atoms with Crippen LogP contribution in [0.4, 0.5) is 33.6 Å². The Bertz CT molecular complexity index is 1260. The first-order valence-corrected chi connectivity index (χ1v) is 12.8. The molecule has 204 valence electrons. The molecule has 0 radical (unpaired) electrons. The summed E-state index contributed by atoms with van der Waals surface area (Å²) in [6.45, 7) is 4.62. The van der Waals surface area contributed by atoms with Gasteiger partial charge in [0, 0.05) is 50.9 Å². The number of piperidine rings is 1. The Kier molecular flexibility index (Phi) is 7.51. The fraction of sp³-hybridized carbons (Fsp3) is 0.500. The third kappa shape index (κ3) is 5.45. The van der Waals surface area contributed by atoms with Gasteiger partial charge in [-0.25, -0.2) is 19.3 Å². The summed E-state index contributed by atoms with van der Waals surface area (Å²) in [5, 5.41) is 2.72. The van der Waals surface area contributed by atoms with Gasteiger partial charge >= 0.3 is 6.18 Å². The first-order valence-electron chi connectivity index (χ1n) is 12.8. The van der Waals surface area contributed by atoms with Gasteiger partial charge < -0.3 is 19.7 Å². The van der Waals surface area contributed by atoms with Gasteiger partial charge in [-0.05, 0) is 57.0 Å². The van der Waals surface area contributed by atoms with Crippen LogP contribution in [0.3, 0.4) is 0 Å². The zero-order valence-electron chi connectivity index (χ0n) is 21.1. The van der Waals surface area contributed by atoms with E-state index in [0.29, 0.717) is 38.2 Å². The number of hydrogen-bond acceptors (Lipinski definition) is 6. The summed E-state index contributed by atoms with van der Waals surface area (Å²) in [5.74, 6) is -0.602. The second-order valence-corrected chi connectivity index (χ2v) is 9.79. The van der Waals surface area contributed by atoms with Crippen LogP contribution < -0.4 is 10.2 Å². The first kappa shape index (κ1) is 26.3. The number of anilines is 2. The predicted molar refractivity (Wildman–Crippen MR) is 134 cm³/mol. The van der Waals surface area contributed by atoms with E-state index in [0.717, 1.165) is 50.4 Å². The second-order valence-electron chi connectivity index (χ2n) is 9.79. The molecule has 0 bridgehead atoms. The molecule has 1 aromatic carbocycles. The van der Waals surface area contributed by atoms with E-state index < -0.39 is 23.4 Å². The summed E-state index contributed by atoms with van der Waals surface area (Å²) in [4.78, 5) is 17.0. The van der Waals surface area contributed by atoms with Gasteiger partial charge in [0.05, 0.1) is 11.3 Å². The number of rotatable bonds is 7. The Balaban J connectivity index is 1.40. The third-order valence-corrected chi connectivity index (χ3v) is 7.40. The van der Waals surface area contributed by atoms with Crippen LogP contribution in [-0.2, 0) is 12.7 Å². The molecule has 2 saturated heterocycles. The number of aromatic nitrogens is 4. The van der Waals surface area contributed by atoms with Gasteiger partial charge in [0.1, 0.15) is 18.0 Å². The van der Waals surface area contributed by atoms with E-state index in [-0.39, 0.29) is 23.1 Å². The lowest BCUT2D eigenvalue weighted by Crippen LogP contribution is -2.35. The standard InChI is InChI=1S/C26H30F5N7/c1-32-23-22(28)25(34-16-33-23)37-10-6-17(7-11-37)24-35-21(15-38(24)13-12-36-8-2-3-9-36)18-4-5-20(27)19(14-18)26(29,30)31/h4-5,14-17H,2-3,6-13H2,1H3,(H,32,33,34). The normalized spacial score (nSPS) is 17.4. The van der Waals surface area contributed by atoms with Crippen molar-refractivity contribution in [2.45, 2.75) is 44.3 Å². The van der Waals surface area contributed by atoms with Crippen LogP contribution in [0.5, 0.6) is 0 Å². The molecule has 7 nitrogen and oxygen atoms in total. The molecular weight excluding hydrogens is 505 g/mol. The van der Waals surface area contributed by atoms with Crippen molar-refractivity contribution in [3.05, 3.63) is 53.7 Å². The van der Waals surface area contributed by atoms with Crippen LogP contribution in [-0.4, -0.2) is 64.2 Å². The van der Waals surface area contributed by atoms with Crippen LogP contribution in [0, 0.1) is 11.6 Å². The number of hydrogen-bond donors (Lipinski definition) is 1. The Morgan fingerprint density at radius 2 is 1.74 bits per heavy atom. The molecule has 2 aromatic heterocycles. The van der Waals surface area contributed by atoms with Gasteiger partial charge in [0.15, 0.2) is 11.6 Å². The van der Waals surface area contributed by atoms with Gasteiger partial charge in [-0.2, -0.15) is 17.6 Å². The number of benzene rings is 1. The molecule has 0 spiro atoms. The minimum absolute atomic E-state index is 0.0368. The second kappa shape index (κ2) is 10.8. The summed E-state index contributed by atoms with van der Waals surface area (Å²) in [5.41, 5.74) is -0.695. The van der Waals surface area contributed by atoms with Crippen LogP contribution >= 0.6 is 0 Å². The van der Waals surface area contributed by atoms with Crippen molar-refractivity contribution in [1.82, 2.24) is 24.4 Å². The number of likely N-dealkylation sites (tertiary alicyclic amines) is 1. The molecule has 3 aromatic rings. The first-order chi connectivity index (χ1) is 18.2. The van der Waals surface area contributed by atoms with Crippen LogP contribution in [0.2, 0.25) is 0 Å². The maximum absolute atomic E-state index is 14.8. The Labute approximate surface area is 217 Å². The summed E-state index contributed by atoms with van der Waals surface area (Å²) in [6, 6.07) is 3.00. The van der Waals surface area contributed by atoms with Gasteiger partial charge in [-0.15, -0.1) is 0 Å². The van der Waals surface area contributed by atoms with Gasteiger partial charge in [-0.3, -0.25) is 0 Å². The lowest BCUT2D eigenvalue weighted by Gasteiger charge is -2.33. The molecule has 1 N–H and O–H groups in total. The molecule has 2 aliphatic rings. The smallest absolute Gasteiger partial charge is 0.371 e. The van der Waals surface area contributed by atoms with Crippen molar-refractivity contribution in [3.8, 4) is 11.3 Å². The molecule has 2 aliphatic heterocycles. The van der Waals surface area contributed by atoms with E-state index in [1.807, 2.05) is 9.47 Å². The fourth-order valence-electron chi connectivity index (χ4n) is 5.34. The van der Waals surface area contributed by atoms with E-state index in [2.05, 4.69) is 20.2 Å². The molecule has 12 heteroatoms. The van der Waals surface area contributed by atoms with Gasteiger partial charge in [0.25, 0.3) is 0 Å². The number of halogens is 5. The molecular formula is C26H30F5N7. The molecule has 4 heterocycles. The van der Waals surface area contributed by atoms with Crippen molar-refractivity contribution in [1.29, 1.82) is 0 Å². The SMILES string of the molecule is CNc1ncnc(N2CCC(c3nc(-c4ccc(F)c(C(F)(F)F)c4)cn3CCN3CCCC3)CC2)c1F. The quantitative estimate of drug-likeness (QED) is 0.422. The molecule has 2 fully saturated rings. The van der Waals surface area contributed by atoms with Crippen molar-refractivity contribution in [2.75, 3.05) is 50.0 Å². The maximum Gasteiger partial charge on any atom is 0.419 e. The largest absolute Gasteiger partial charge is 0.419 e. The van der Waals surface area contributed by atoms with Crippen LogP contribution in [0.1, 0.15) is 43.0 Å².